The van der Waals surface area contributed by atoms with E-state index in [9.17, 15) is 9.59 Å². The van der Waals surface area contributed by atoms with Crippen LogP contribution in [0.2, 0.25) is 0 Å². The smallest absolute Gasteiger partial charge is 0.279 e. The Bertz CT molecular complexity index is 1070. The maximum atomic E-state index is 13.0. The average molecular weight is 398 g/mol. The number of aryl methyl sites for hydroxylation is 2. The van der Waals surface area contributed by atoms with Gasteiger partial charge in [-0.1, -0.05) is 5.21 Å². The summed E-state index contributed by atoms with van der Waals surface area (Å²) in [5.41, 5.74) is 1.49. The summed E-state index contributed by atoms with van der Waals surface area (Å²) in [6.45, 7) is 4.15. The Kier molecular flexibility index (Phi) is 5.13. The summed E-state index contributed by atoms with van der Waals surface area (Å²) < 4.78 is 6.59. The van der Waals surface area contributed by atoms with Crippen LogP contribution in [0.3, 0.4) is 0 Å². The Morgan fingerprint density at radius 3 is 2.79 bits per heavy atom. The minimum atomic E-state index is -0.768. The van der Waals surface area contributed by atoms with Crippen LogP contribution in [0.5, 0.6) is 5.75 Å². The van der Waals surface area contributed by atoms with Crippen molar-refractivity contribution in [1.29, 1.82) is 0 Å². The molecular weight excluding hydrogens is 376 g/mol. The predicted octanol–water partition coefficient (Wildman–Crippen LogP) is 3.33. The van der Waals surface area contributed by atoms with Crippen molar-refractivity contribution in [2.75, 3.05) is 11.9 Å². The number of aromatic nitrogens is 3. The molecule has 1 amide bonds. The Hall–Kier alpha value is -2.74. The Balaban J connectivity index is 1.59. The van der Waals surface area contributed by atoms with Gasteiger partial charge in [0.25, 0.3) is 5.56 Å². The van der Waals surface area contributed by atoms with Gasteiger partial charge < -0.3 is 10.1 Å². The van der Waals surface area contributed by atoms with Gasteiger partial charge >= 0.3 is 0 Å². The lowest BCUT2D eigenvalue weighted by atomic mass is 9.97. The second-order valence-corrected chi connectivity index (χ2v) is 7.94. The summed E-state index contributed by atoms with van der Waals surface area (Å²) in [4.78, 5) is 27.6. The standard InChI is InChI=1S/C20H22N4O3S/c1-3-27-14-10-8-13(9-11-14)21-18(25)12(2)24-20(26)17-15-6-4-5-7-16(15)28-19(17)22-23-24/h8-12H,3-7H2,1-2H3,(H,21,25). The second-order valence-electron chi connectivity index (χ2n) is 6.85. The first-order valence-electron chi connectivity index (χ1n) is 9.52. The maximum Gasteiger partial charge on any atom is 0.279 e. The van der Waals surface area contributed by atoms with Crippen LogP contribution < -0.4 is 15.6 Å². The van der Waals surface area contributed by atoms with Gasteiger partial charge in [-0.3, -0.25) is 9.59 Å². The van der Waals surface area contributed by atoms with Crippen LogP contribution in [0.25, 0.3) is 10.2 Å². The van der Waals surface area contributed by atoms with Crippen molar-refractivity contribution in [2.45, 2.75) is 45.6 Å². The molecule has 0 spiro atoms. The number of ether oxygens (including phenoxy) is 1. The van der Waals surface area contributed by atoms with Gasteiger partial charge in [0.05, 0.1) is 12.0 Å². The monoisotopic (exact) mass is 398 g/mol. The van der Waals surface area contributed by atoms with Gasteiger partial charge in [-0.15, -0.1) is 16.4 Å². The lowest BCUT2D eigenvalue weighted by Gasteiger charge is -2.14. The molecule has 3 aromatic rings. The molecule has 1 unspecified atom stereocenters. The highest BCUT2D eigenvalue weighted by atomic mass is 32.1. The molecule has 4 rings (SSSR count). The number of anilines is 1. The van der Waals surface area contributed by atoms with E-state index in [1.165, 1.54) is 9.56 Å². The van der Waals surface area contributed by atoms with Gasteiger partial charge in [0.15, 0.2) is 4.83 Å². The van der Waals surface area contributed by atoms with E-state index in [2.05, 4.69) is 15.6 Å². The van der Waals surface area contributed by atoms with E-state index in [1.54, 1.807) is 42.5 Å². The average Bonchev–Trinajstić information content (AvgIpc) is 3.09. The Morgan fingerprint density at radius 1 is 1.29 bits per heavy atom. The topological polar surface area (TPSA) is 86.1 Å². The molecule has 1 aliphatic rings. The number of nitrogens with zero attached hydrogens (tertiary/aromatic N) is 3. The fourth-order valence-corrected chi connectivity index (χ4v) is 4.70. The molecule has 146 valence electrons. The first kappa shape index (κ1) is 18.6. The third kappa shape index (κ3) is 3.40. The summed E-state index contributed by atoms with van der Waals surface area (Å²) in [7, 11) is 0. The molecular formula is C20H22N4O3S. The van der Waals surface area contributed by atoms with Crippen LogP contribution in [0, 0.1) is 0 Å². The van der Waals surface area contributed by atoms with Crippen LogP contribution in [-0.4, -0.2) is 27.5 Å². The Morgan fingerprint density at radius 2 is 2.04 bits per heavy atom. The fourth-order valence-electron chi connectivity index (χ4n) is 3.50. The number of rotatable bonds is 5. The normalized spacial score (nSPS) is 14.5. The number of thiophene rings is 1. The van der Waals surface area contributed by atoms with Gasteiger partial charge in [-0.2, -0.15) is 4.68 Å². The summed E-state index contributed by atoms with van der Waals surface area (Å²) in [6, 6.07) is 6.35. The van der Waals surface area contributed by atoms with E-state index in [4.69, 9.17) is 4.74 Å². The van der Waals surface area contributed by atoms with E-state index in [-0.39, 0.29) is 11.5 Å². The highest BCUT2D eigenvalue weighted by Gasteiger charge is 2.24. The summed E-state index contributed by atoms with van der Waals surface area (Å²) in [6.07, 6.45) is 4.10. The van der Waals surface area contributed by atoms with Crippen LogP contribution >= 0.6 is 11.3 Å². The van der Waals surface area contributed by atoms with Gasteiger partial charge in [0.1, 0.15) is 11.8 Å². The third-order valence-corrected chi connectivity index (χ3v) is 6.16. The van der Waals surface area contributed by atoms with Gasteiger partial charge in [0.2, 0.25) is 5.91 Å². The molecule has 7 nitrogen and oxygen atoms in total. The first-order chi connectivity index (χ1) is 13.6. The lowest BCUT2D eigenvalue weighted by molar-refractivity contribution is -0.119. The number of hydrogen-bond acceptors (Lipinski definition) is 6. The second kappa shape index (κ2) is 7.71. The zero-order chi connectivity index (χ0) is 19.7. The molecule has 8 heteroatoms. The van der Waals surface area contributed by atoms with Crippen LogP contribution in [0.1, 0.15) is 43.2 Å². The quantitative estimate of drug-likeness (QED) is 0.712. The van der Waals surface area contributed by atoms with Gasteiger partial charge in [-0.25, -0.2) is 0 Å². The van der Waals surface area contributed by atoms with Crippen molar-refractivity contribution in [3.05, 3.63) is 45.1 Å². The van der Waals surface area contributed by atoms with Crippen LogP contribution in [0.15, 0.2) is 29.1 Å². The molecule has 28 heavy (non-hydrogen) atoms. The summed E-state index contributed by atoms with van der Waals surface area (Å²) in [5.74, 6) is 0.423. The molecule has 0 aliphatic heterocycles. The molecule has 2 heterocycles. The Labute approximate surface area is 166 Å². The number of benzene rings is 1. The number of carbonyl (C=O) groups is 1. The zero-order valence-corrected chi connectivity index (χ0v) is 16.7. The minimum absolute atomic E-state index is 0.237. The third-order valence-electron chi connectivity index (χ3n) is 4.99. The predicted molar refractivity (Wildman–Crippen MR) is 109 cm³/mol. The van der Waals surface area contributed by atoms with Crippen molar-refractivity contribution in [3.63, 3.8) is 0 Å². The molecule has 1 aliphatic carbocycles. The van der Waals surface area contributed by atoms with E-state index >= 15 is 0 Å². The highest BCUT2D eigenvalue weighted by molar-refractivity contribution is 7.18. The number of carbonyl (C=O) groups excluding carboxylic acids is 1. The van der Waals surface area contributed by atoms with Crippen molar-refractivity contribution >= 4 is 33.1 Å². The fraction of sp³-hybridized carbons (Fsp3) is 0.400. The molecule has 0 radical (unpaired) electrons. The SMILES string of the molecule is CCOc1ccc(NC(=O)C(C)n2nnc3sc4c(c3c2=O)CCCC4)cc1. The van der Waals surface area contributed by atoms with Crippen molar-refractivity contribution < 1.29 is 9.53 Å². The molecule has 0 fully saturated rings. The lowest BCUT2D eigenvalue weighted by Crippen LogP contribution is -2.34. The molecule has 1 atom stereocenters. The number of nitrogens with one attached hydrogen (secondary N) is 1. The molecule has 1 aromatic carbocycles. The molecule has 2 aromatic heterocycles. The summed E-state index contributed by atoms with van der Waals surface area (Å²) in [5, 5.41) is 11.7. The number of hydrogen-bond donors (Lipinski definition) is 1. The number of fused-ring (bicyclic) bond motifs is 3. The molecule has 0 bridgehead atoms. The molecule has 1 N–H and O–H groups in total. The number of amides is 1. The van der Waals surface area contributed by atoms with E-state index < -0.39 is 6.04 Å². The van der Waals surface area contributed by atoms with E-state index in [1.807, 2.05) is 6.92 Å². The van der Waals surface area contributed by atoms with Crippen molar-refractivity contribution in [1.82, 2.24) is 15.0 Å². The van der Waals surface area contributed by atoms with E-state index in [0.717, 1.165) is 37.0 Å². The highest BCUT2D eigenvalue weighted by Crippen LogP contribution is 2.33. The first-order valence-corrected chi connectivity index (χ1v) is 10.3. The minimum Gasteiger partial charge on any atom is -0.494 e. The van der Waals surface area contributed by atoms with Crippen LogP contribution in [0.4, 0.5) is 5.69 Å². The van der Waals surface area contributed by atoms with Crippen molar-refractivity contribution in [3.8, 4) is 5.75 Å². The van der Waals surface area contributed by atoms with Gasteiger partial charge in [0, 0.05) is 10.6 Å². The summed E-state index contributed by atoms with van der Waals surface area (Å²) >= 11 is 1.55. The van der Waals surface area contributed by atoms with Crippen LogP contribution in [-0.2, 0) is 17.6 Å². The van der Waals surface area contributed by atoms with E-state index in [0.29, 0.717) is 22.5 Å². The molecule has 0 saturated heterocycles. The largest absolute Gasteiger partial charge is 0.494 e. The molecule has 0 saturated carbocycles. The maximum absolute atomic E-state index is 13.0. The van der Waals surface area contributed by atoms with Crippen molar-refractivity contribution in [2.24, 2.45) is 0 Å². The van der Waals surface area contributed by atoms with Gasteiger partial charge in [-0.05, 0) is 69.4 Å². The zero-order valence-electron chi connectivity index (χ0n) is 15.9.